The molecule has 1 atom stereocenters. The van der Waals surface area contributed by atoms with E-state index >= 15 is 0 Å². The van der Waals surface area contributed by atoms with Crippen molar-refractivity contribution in [2.45, 2.75) is 12.3 Å². The van der Waals surface area contributed by atoms with Gasteiger partial charge < -0.3 is 10.5 Å². The Labute approximate surface area is 162 Å². The van der Waals surface area contributed by atoms with Crippen LogP contribution in [0, 0.1) is 11.3 Å². The highest BCUT2D eigenvalue weighted by Crippen LogP contribution is 2.35. The van der Waals surface area contributed by atoms with Crippen molar-refractivity contribution in [2.24, 2.45) is 12.8 Å². The number of alkyl halides is 4. The van der Waals surface area contributed by atoms with Crippen LogP contribution >= 0.6 is 0 Å². The number of nitrogens with two attached hydrogens (primary N) is 1. The van der Waals surface area contributed by atoms with Crippen LogP contribution in [0.15, 0.2) is 36.7 Å². The molecule has 0 radical (unpaired) electrons. The third kappa shape index (κ3) is 4.33. The molecule has 3 aromatic rings. The zero-order chi connectivity index (χ0) is 21.2. The normalized spacial score (nSPS) is 12.4. The van der Waals surface area contributed by atoms with E-state index in [0.717, 1.165) is 10.7 Å². The maximum atomic E-state index is 13.6. The van der Waals surface area contributed by atoms with Crippen LogP contribution < -0.4 is 10.5 Å². The Hall–Kier alpha value is -3.52. The van der Waals surface area contributed by atoms with Crippen molar-refractivity contribution in [3.63, 3.8) is 0 Å². The summed E-state index contributed by atoms with van der Waals surface area (Å²) in [6.07, 6.45) is -3.54. The average Bonchev–Trinajstić information content (AvgIpc) is 3.08. The van der Waals surface area contributed by atoms with E-state index < -0.39 is 18.0 Å². The van der Waals surface area contributed by atoms with Gasteiger partial charge in [0.1, 0.15) is 11.9 Å². The summed E-state index contributed by atoms with van der Waals surface area (Å²) >= 11 is 0. The number of rotatable bonds is 5. The van der Waals surface area contributed by atoms with Gasteiger partial charge in [-0.25, -0.2) is 19.0 Å². The lowest BCUT2D eigenvalue weighted by Gasteiger charge is -2.11. The first-order valence-electron chi connectivity index (χ1n) is 8.22. The quantitative estimate of drug-likeness (QED) is 0.651. The number of hydrogen-bond acceptors (Lipinski definition) is 6. The van der Waals surface area contributed by atoms with Crippen molar-refractivity contribution in [1.29, 1.82) is 5.26 Å². The molecule has 0 saturated carbocycles. The number of hydrogen-bond donors (Lipinski definition) is 1. The number of aryl methyl sites for hydroxylation is 1. The first-order valence-corrected chi connectivity index (χ1v) is 8.22. The number of nitrogens with zero attached hydrogens (tertiary/aromatic N) is 5. The molecule has 1 unspecified atom stereocenters. The molecule has 1 aromatic carbocycles. The van der Waals surface area contributed by atoms with Crippen LogP contribution in [0.1, 0.15) is 23.0 Å². The summed E-state index contributed by atoms with van der Waals surface area (Å²) in [7, 11) is 1.29. The van der Waals surface area contributed by atoms with E-state index in [-0.39, 0.29) is 35.1 Å². The fraction of sp³-hybridized carbons (Fsp3) is 0.222. The molecule has 0 fully saturated rings. The van der Waals surface area contributed by atoms with Gasteiger partial charge in [-0.05, 0) is 18.2 Å². The van der Waals surface area contributed by atoms with Gasteiger partial charge in [0, 0.05) is 37.6 Å². The van der Waals surface area contributed by atoms with Crippen molar-refractivity contribution in [3.8, 4) is 29.1 Å². The van der Waals surface area contributed by atoms with Crippen LogP contribution in [0.25, 0.3) is 11.4 Å². The summed E-state index contributed by atoms with van der Waals surface area (Å²) in [5.74, 6) is -0.0166. The predicted octanol–water partition coefficient (Wildman–Crippen LogP) is 3.53. The second-order valence-corrected chi connectivity index (χ2v) is 5.96. The molecule has 2 aromatic heterocycles. The number of benzene rings is 1. The Morgan fingerprint density at radius 3 is 2.48 bits per heavy atom. The SMILES string of the molecule is Cn1nc(C(F)(F)F)cc1Oc1cc(C#N)ccc1-c1ncc(C(F)CN)cn1. The molecule has 150 valence electrons. The van der Waals surface area contributed by atoms with Gasteiger partial charge in [-0.2, -0.15) is 23.5 Å². The van der Waals surface area contributed by atoms with Gasteiger partial charge in [0.15, 0.2) is 11.5 Å². The molecule has 7 nitrogen and oxygen atoms in total. The van der Waals surface area contributed by atoms with E-state index in [2.05, 4.69) is 15.1 Å². The monoisotopic (exact) mass is 406 g/mol. The minimum atomic E-state index is -4.64. The standard InChI is InChI=1S/C18H14F4N6O/c1-28-16(5-15(27-28)18(20,21)22)29-14-4-10(6-23)2-3-12(14)17-25-8-11(9-26-17)13(19)7-24/h2-5,8-9,13H,7,24H2,1H3. The summed E-state index contributed by atoms with van der Waals surface area (Å²) in [6.45, 7) is -0.226. The second-order valence-electron chi connectivity index (χ2n) is 5.96. The largest absolute Gasteiger partial charge is 0.438 e. The lowest BCUT2D eigenvalue weighted by molar-refractivity contribution is -0.141. The van der Waals surface area contributed by atoms with E-state index in [9.17, 15) is 17.6 Å². The van der Waals surface area contributed by atoms with E-state index in [1.54, 1.807) is 0 Å². The van der Waals surface area contributed by atoms with Crippen LogP contribution in [0.2, 0.25) is 0 Å². The second kappa shape index (κ2) is 7.84. The number of ether oxygens (including phenoxy) is 1. The predicted molar refractivity (Wildman–Crippen MR) is 93.4 cm³/mol. The van der Waals surface area contributed by atoms with Crippen LogP contribution in [0.5, 0.6) is 11.6 Å². The van der Waals surface area contributed by atoms with Crippen molar-refractivity contribution >= 4 is 0 Å². The first kappa shape index (κ1) is 20.2. The summed E-state index contributed by atoms with van der Waals surface area (Å²) in [5, 5.41) is 12.5. The summed E-state index contributed by atoms with van der Waals surface area (Å²) in [5.41, 5.74) is 4.85. The van der Waals surface area contributed by atoms with E-state index in [1.807, 2.05) is 6.07 Å². The molecule has 0 saturated heterocycles. The van der Waals surface area contributed by atoms with Gasteiger partial charge in [-0.3, -0.25) is 0 Å². The molecular weight excluding hydrogens is 392 g/mol. The van der Waals surface area contributed by atoms with Crippen molar-refractivity contribution in [2.75, 3.05) is 6.54 Å². The smallest absolute Gasteiger partial charge is 0.435 e. The van der Waals surface area contributed by atoms with E-state index in [0.29, 0.717) is 5.56 Å². The molecule has 0 aliphatic heterocycles. The number of aromatic nitrogens is 4. The van der Waals surface area contributed by atoms with Crippen molar-refractivity contribution in [3.05, 3.63) is 53.5 Å². The van der Waals surface area contributed by atoms with Gasteiger partial charge in [0.05, 0.1) is 17.2 Å². The Kier molecular flexibility index (Phi) is 5.47. The van der Waals surface area contributed by atoms with Crippen molar-refractivity contribution < 1.29 is 22.3 Å². The Morgan fingerprint density at radius 1 is 1.24 bits per heavy atom. The van der Waals surface area contributed by atoms with E-state index in [1.165, 1.54) is 37.6 Å². The lowest BCUT2D eigenvalue weighted by atomic mass is 10.1. The summed E-state index contributed by atoms with van der Waals surface area (Å²) in [4.78, 5) is 8.14. The van der Waals surface area contributed by atoms with Gasteiger partial charge in [0.25, 0.3) is 0 Å². The maximum absolute atomic E-state index is 13.6. The fourth-order valence-corrected chi connectivity index (χ4v) is 2.43. The molecule has 0 aliphatic carbocycles. The maximum Gasteiger partial charge on any atom is 0.435 e. The summed E-state index contributed by atoms with van der Waals surface area (Å²) in [6, 6.07) is 6.96. The average molecular weight is 406 g/mol. The fourth-order valence-electron chi connectivity index (χ4n) is 2.43. The van der Waals surface area contributed by atoms with Crippen LogP contribution in [0.3, 0.4) is 0 Å². The highest BCUT2D eigenvalue weighted by molar-refractivity contribution is 5.66. The number of nitriles is 1. The van der Waals surface area contributed by atoms with Crippen molar-refractivity contribution in [1.82, 2.24) is 19.7 Å². The molecule has 3 rings (SSSR count). The molecule has 0 spiro atoms. The highest BCUT2D eigenvalue weighted by Gasteiger charge is 2.35. The molecular formula is C18H14F4N6O. The third-order valence-corrected chi connectivity index (χ3v) is 3.93. The van der Waals surface area contributed by atoms with Gasteiger partial charge in [-0.15, -0.1) is 0 Å². The molecule has 11 heteroatoms. The lowest BCUT2D eigenvalue weighted by Crippen LogP contribution is -2.08. The van der Waals surface area contributed by atoms with Gasteiger partial charge >= 0.3 is 6.18 Å². The molecule has 0 amide bonds. The van der Waals surface area contributed by atoms with Gasteiger partial charge in [0.2, 0.25) is 5.88 Å². The Bertz CT molecular complexity index is 1060. The molecule has 2 heterocycles. The summed E-state index contributed by atoms with van der Waals surface area (Å²) < 4.78 is 58.8. The van der Waals surface area contributed by atoms with E-state index in [4.69, 9.17) is 15.7 Å². The number of halogens is 4. The molecule has 0 bridgehead atoms. The third-order valence-electron chi connectivity index (χ3n) is 3.93. The minimum absolute atomic E-state index is 0.0455. The topological polar surface area (TPSA) is 103 Å². The highest BCUT2D eigenvalue weighted by atomic mass is 19.4. The van der Waals surface area contributed by atoms with Crippen LogP contribution in [-0.4, -0.2) is 26.3 Å². The Balaban J connectivity index is 2.01. The zero-order valence-corrected chi connectivity index (χ0v) is 15.0. The van der Waals surface area contributed by atoms with Crippen LogP contribution in [-0.2, 0) is 13.2 Å². The zero-order valence-electron chi connectivity index (χ0n) is 15.0. The first-order chi connectivity index (χ1) is 13.7. The molecule has 29 heavy (non-hydrogen) atoms. The van der Waals surface area contributed by atoms with Crippen LogP contribution in [0.4, 0.5) is 17.6 Å². The minimum Gasteiger partial charge on any atom is -0.438 e. The molecule has 0 aliphatic rings. The Morgan fingerprint density at radius 2 is 1.93 bits per heavy atom. The van der Waals surface area contributed by atoms with Gasteiger partial charge in [-0.1, -0.05) is 0 Å². The molecule has 2 N–H and O–H groups in total.